The fraction of sp³-hybridized carbons (Fsp3) is 0.385. The summed E-state index contributed by atoms with van der Waals surface area (Å²) in [5.74, 6) is -2.29. The number of halogens is 1. The number of nitrogens with zero attached hydrogens (tertiary/aromatic N) is 2. The quantitative estimate of drug-likeness (QED) is 0.391. The molecule has 2 aromatic carbocycles. The summed E-state index contributed by atoms with van der Waals surface area (Å²) in [7, 11) is 0. The van der Waals surface area contributed by atoms with Gasteiger partial charge in [-0.25, -0.2) is 9.29 Å². The minimum atomic E-state index is -0.651. The molecule has 0 N–H and O–H groups in total. The van der Waals surface area contributed by atoms with Gasteiger partial charge in [0.2, 0.25) is 17.7 Å². The number of imide groups is 1. The van der Waals surface area contributed by atoms with Crippen molar-refractivity contribution in [1.29, 1.82) is 0 Å². The monoisotopic (exact) mass is 464 g/mol. The van der Waals surface area contributed by atoms with Gasteiger partial charge in [0.15, 0.2) is 0 Å². The normalized spacial score (nSPS) is 24.5. The molecule has 0 spiro atoms. The molecule has 34 heavy (non-hydrogen) atoms. The lowest BCUT2D eigenvalue weighted by Gasteiger charge is -2.19. The molecule has 3 fully saturated rings. The third-order valence-electron chi connectivity index (χ3n) is 7.07. The molecule has 2 saturated heterocycles. The number of benzene rings is 2. The summed E-state index contributed by atoms with van der Waals surface area (Å²) in [6.07, 6.45) is 3.42. The minimum absolute atomic E-state index is 0.00678. The summed E-state index contributed by atoms with van der Waals surface area (Å²) in [5, 5.41) is 0. The van der Waals surface area contributed by atoms with Crippen LogP contribution in [0, 0.1) is 30.5 Å². The van der Waals surface area contributed by atoms with Crippen LogP contribution in [0.2, 0.25) is 0 Å². The first-order valence-electron chi connectivity index (χ1n) is 11.6. The summed E-state index contributed by atoms with van der Waals surface area (Å²) < 4.78 is 18.7. The van der Waals surface area contributed by atoms with Gasteiger partial charge in [-0.2, -0.15) is 0 Å². The van der Waals surface area contributed by atoms with Crippen molar-refractivity contribution in [2.75, 3.05) is 16.3 Å². The van der Waals surface area contributed by atoms with Gasteiger partial charge in [0.25, 0.3) is 0 Å². The van der Waals surface area contributed by atoms with Crippen molar-refractivity contribution in [2.45, 2.75) is 39.0 Å². The summed E-state index contributed by atoms with van der Waals surface area (Å²) in [6, 6.07) is 10.4. The van der Waals surface area contributed by atoms with Crippen LogP contribution in [0.4, 0.5) is 15.8 Å². The summed E-state index contributed by atoms with van der Waals surface area (Å²) in [4.78, 5) is 53.7. The van der Waals surface area contributed by atoms with E-state index in [9.17, 15) is 23.6 Å². The highest BCUT2D eigenvalue weighted by Crippen LogP contribution is 2.41. The molecule has 1 saturated carbocycles. The van der Waals surface area contributed by atoms with Gasteiger partial charge < -0.3 is 9.64 Å². The molecule has 2 aromatic rings. The highest BCUT2D eigenvalue weighted by atomic mass is 19.1. The van der Waals surface area contributed by atoms with Crippen LogP contribution in [0.5, 0.6) is 5.75 Å². The van der Waals surface area contributed by atoms with Crippen LogP contribution in [-0.4, -0.2) is 30.2 Å². The van der Waals surface area contributed by atoms with Crippen LogP contribution in [0.15, 0.2) is 42.5 Å². The number of carbonyl (C=O) groups excluding carboxylic acids is 4. The van der Waals surface area contributed by atoms with E-state index in [0.717, 1.165) is 25.7 Å². The molecule has 0 radical (unpaired) electrons. The number of aryl methyl sites for hydroxylation is 1. The van der Waals surface area contributed by atoms with Crippen LogP contribution >= 0.6 is 0 Å². The number of anilines is 2. The summed E-state index contributed by atoms with van der Waals surface area (Å²) >= 11 is 0. The molecule has 5 rings (SSSR count). The zero-order valence-electron chi connectivity index (χ0n) is 18.8. The van der Waals surface area contributed by atoms with Gasteiger partial charge in [0, 0.05) is 18.7 Å². The van der Waals surface area contributed by atoms with Crippen molar-refractivity contribution in [1.82, 2.24) is 0 Å². The average Bonchev–Trinajstić information content (AvgIpc) is 3.33. The number of fused-ring (bicyclic) bond motifs is 1. The Morgan fingerprint density at radius 1 is 0.971 bits per heavy atom. The highest BCUT2D eigenvalue weighted by molar-refractivity contribution is 6.22. The van der Waals surface area contributed by atoms with Crippen LogP contribution in [0.25, 0.3) is 0 Å². The van der Waals surface area contributed by atoms with E-state index in [1.165, 1.54) is 34.1 Å². The Hall–Kier alpha value is -3.55. The number of esters is 1. The van der Waals surface area contributed by atoms with E-state index >= 15 is 0 Å². The number of hydrogen-bond acceptors (Lipinski definition) is 5. The van der Waals surface area contributed by atoms with E-state index in [1.807, 2.05) is 0 Å². The second-order valence-electron chi connectivity index (χ2n) is 9.26. The van der Waals surface area contributed by atoms with Crippen molar-refractivity contribution >= 4 is 35.1 Å². The van der Waals surface area contributed by atoms with Crippen LogP contribution in [0.3, 0.4) is 0 Å². The molecule has 2 heterocycles. The largest absolute Gasteiger partial charge is 0.426 e. The van der Waals surface area contributed by atoms with Gasteiger partial charge in [0.1, 0.15) is 11.6 Å². The average molecular weight is 464 g/mol. The number of carbonyl (C=O) groups is 4. The maximum Gasteiger partial charge on any atom is 0.316 e. The zero-order valence-corrected chi connectivity index (χ0v) is 18.8. The third-order valence-corrected chi connectivity index (χ3v) is 7.07. The molecule has 3 amide bonds. The fourth-order valence-corrected chi connectivity index (χ4v) is 5.28. The number of rotatable bonds is 4. The van der Waals surface area contributed by atoms with Crippen molar-refractivity contribution in [3.63, 3.8) is 0 Å². The molecule has 0 unspecified atom stereocenters. The number of amides is 3. The maximum absolute atomic E-state index is 13.2. The lowest BCUT2D eigenvalue weighted by atomic mass is 9.81. The van der Waals surface area contributed by atoms with E-state index in [1.54, 1.807) is 25.1 Å². The Morgan fingerprint density at radius 2 is 1.62 bits per heavy atom. The molecule has 7 nitrogen and oxygen atoms in total. The van der Waals surface area contributed by atoms with Gasteiger partial charge in [-0.1, -0.05) is 12.8 Å². The molecule has 3 aliphatic rings. The van der Waals surface area contributed by atoms with E-state index in [-0.39, 0.29) is 48.3 Å². The Bertz CT molecular complexity index is 1150. The molecule has 8 heteroatoms. The van der Waals surface area contributed by atoms with Gasteiger partial charge in [-0.15, -0.1) is 0 Å². The van der Waals surface area contributed by atoms with E-state index in [0.29, 0.717) is 16.9 Å². The first-order chi connectivity index (χ1) is 16.3. The number of hydrogen-bond donors (Lipinski definition) is 0. The lowest BCUT2D eigenvalue weighted by Crippen LogP contribution is -2.31. The topological polar surface area (TPSA) is 84.0 Å². The van der Waals surface area contributed by atoms with Gasteiger partial charge >= 0.3 is 5.97 Å². The van der Waals surface area contributed by atoms with E-state index in [4.69, 9.17) is 4.74 Å². The van der Waals surface area contributed by atoms with Crippen molar-refractivity contribution in [2.24, 2.45) is 17.8 Å². The minimum Gasteiger partial charge on any atom is -0.426 e. The first kappa shape index (κ1) is 22.3. The second-order valence-corrected chi connectivity index (χ2v) is 9.26. The Kier molecular flexibility index (Phi) is 5.67. The Balaban J connectivity index is 1.28. The third kappa shape index (κ3) is 3.87. The lowest BCUT2D eigenvalue weighted by molar-refractivity contribution is -0.139. The van der Waals surface area contributed by atoms with Crippen molar-refractivity contribution in [3.05, 3.63) is 53.8 Å². The fourth-order valence-electron chi connectivity index (χ4n) is 5.28. The second kappa shape index (κ2) is 8.66. The maximum atomic E-state index is 13.2. The summed E-state index contributed by atoms with van der Waals surface area (Å²) in [5.41, 5.74) is 1.70. The molecule has 2 aliphatic heterocycles. The predicted octanol–water partition coefficient (Wildman–Crippen LogP) is 3.77. The zero-order chi connectivity index (χ0) is 24.0. The first-order valence-corrected chi connectivity index (χ1v) is 11.6. The smallest absolute Gasteiger partial charge is 0.316 e. The molecule has 3 atom stereocenters. The molecule has 176 valence electrons. The predicted molar refractivity (Wildman–Crippen MR) is 122 cm³/mol. The van der Waals surface area contributed by atoms with Crippen LogP contribution in [0.1, 0.15) is 37.7 Å². The standard InChI is InChI=1S/C26H25FN2O5/c1-15-12-19(10-11-22(15)29-24(31)20-4-2-3-5-21(20)25(29)32)34-26(33)16-13-23(30)28(14-16)18-8-6-17(27)7-9-18/h6-12,16,20-21H,2-5,13-14H2,1H3/t16-,20-,21+/m1/s1. The van der Waals surface area contributed by atoms with Crippen molar-refractivity contribution in [3.8, 4) is 5.75 Å². The van der Waals surface area contributed by atoms with Crippen LogP contribution in [-0.2, 0) is 19.2 Å². The van der Waals surface area contributed by atoms with E-state index < -0.39 is 17.7 Å². The Labute approximate surface area is 196 Å². The van der Waals surface area contributed by atoms with Crippen LogP contribution < -0.4 is 14.5 Å². The van der Waals surface area contributed by atoms with Crippen molar-refractivity contribution < 1.29 is 28.3 Å². The molecule has 0 bridgehead atoms. The molecule has 1 aliphatic carbocycles. The molecular weight excluding hydrogens is 439 g/mol. The summed E-state index contributed by atoms with van der Waals surface area (Å²) in [6.45, 7) is 1.92. The van der Waals surface area contributed by atoms with E-state index in [2.05, 4.69) is 0 Å². The Morgan fingerprint density at radius 3 is 2.24 bits per heavy atom. The van der Waals surface area contributed by atoms with Gasteiger partial charge in [-0.3, -0.25) is 19.2 Å². The highest BCUT2D eigenvalue weighted by Gasteiger charge is 2.49. The van der Waals surface area contributed by atoms with Gasteiger partial charge in [-0.05, 0) is 67.8 Å². The molecular formula is C26H25FN2O5. The number of ether oxygens (including phenoxy) is 1. The SMILES string of the molecule is Cc1cc(OC(=O)[C@@H]2CC(=O)N(c3ccc(F)cc3)C2)ccc1N1C(=O)[C@H]2CCCC[C@H]2C1=O. The van der Waals surface area contributed by atoms with Gasteiger partial charge in [0.05, 0.1) is 23.4 Å². The molecule has 0 aromatic heterocycles.